The minimum atomic E-state index is -0.549. The Morgan fingerprint density at radius 1 is 0.239 bits per heavy atom. The second kappa shape index (κ2) is 34.6. The van der Waals surface area contributed by atoms with E-state index < -0.39 is 23.7 Å². The topological polar surface area (TPSA) is 344 Å². The van der Waals surface area contributed by atoms with E-state index in [1.807, 2.05) is 78.9 Å². The van der Waals surface area contributed by atoms with Gasteiger partial charge in [-0.1, -0.05) is 197 Å². The van der Waals surface area contributed by atoms with Gasteiger partial charge in [0.15, 0.2) is 0 Å². The molecular formula is C92H86O17. The van der Waals surface area contributed by atoms with Crippen molar-refractivity contribution in [2.45, 2.75) is 87.9 Å². The fraction of sp³-hybridized carbons (Fsp3) is 0.152. The van der Waals surface area contributed by atoms with Crippen molar-refractivity contribution in [1.29, 1.82) is 0 Å². The van der Waals surface area contributed by atoms with E-state index in [-0.39, 0.29) is 97.7 Å². The predicted molar refractivity (Wildman–Crippen MR) is 419 cm³/mol. The quantitative estimate of drug-likeness (QED) is 0.0400. The van der Waals surface area contributed by atoms with Crippen molar-refractivity contribution < 1.29 is 86.8 Å². The molecule has 1 aliphatic rings. The summed E-state index contributed by atoms with van der Waals surface area (Å²) in [4.78, 5) is 0. The molecule has 14 rings (SSSR count). The van der Waals surface area contributed by atoms with Gasteiger partial charge in [-0.05, 0) is 136 Å². The highest BCUT2D eigenvalue weighted by Gasteiger charge is 2.29. The Kier molecular flexibility index (Phi) is 24.3. The molecule has 13 aromatic carbocycles. The molecule has 17 N–H and O–H groups in total. The monoisotopic (exact) mass is 1460 g/mol. The highest BCUT2D eigenvalue weighted by Crippen LogP contribution is 2.48. The molecule has 1 fully saturated rings. The number of aromatic hydroxyl groups is 17. The fourth-order valence-corrected chi connectivity index (χ4v) is 14.1. The summed E-state index contributed by atoms with van der Waals surface area (Å²) < 4.78 is 0. The van der Waals surface area contributed by atoms with E-state index in [2.05, 4.69) is 38.1 Å². The molecule has 0 aliphatic heterocycles. The standard InChI is InChI=1S/C25H26O4.C25H20O4.C23H24O4.C19H16O5/c2*26-19-10-12-21(23(28)14-19)25(22-13-11-20(27)15-24(22)29)18-8-6-17(7-9-18)16-4-2-1-3-5-16;1-3-14(2)15-4-6-16(7-5-15)23(19-10-8-17(24)12-21(19)26)20-11-9-18(25)13-22(20)27;20-12-3-1-11(2-4-12)19(15-7-5-13(21)9-17(15)23)16-8-6-14(22)10-18(16)24/h6-16,25-29H,1-5H2;1-15,25-29H;4-14,23-27H,3H2,1-2H3;1-10,19-24H. The number of benzene rings is 13. The van der Waals surface area contributed by atoms with Crippen LogP contribution in [0.2, 0.25) is 0 Å². The second-order valence-corrected chi connectivity index (χ2v) is 27.2. The average molecular weight is 1460 g/mol. The molecule has 0 bridgehead atoms. The largest absolute Gasteiger partial charge is 0.508 e. The second-order valence-electron chi connectivity index (χ2n) is 27.2. The third-order valence-electron chi connectivity index (χ3n) is 20.0. The lowest BCUT2D eigenvalue weighted by molar-refractivity contribution is 0.438. The third kappa shape index (κ3) is 18.6. The van der Waals surface area contributed by atoms with E-state index in [1.165, 1.54) is 152 Å². The molecule has 1 aliphatic carbocycles. The van der Waals surface area contributed by atoms with E-state index in [4.69, 9.17) is 0 Å². The molecule has 0 heterocycles. The molecule has 0 amide bonds. The lowest BCUT2D eigenvalue weighted by atomic mass is 9.81. The maximum atomic E-state index is 10.5. The molecule has 0 spiro atoms. The number of hydrogen-bond donors (Lipinski definition) is 17. The summed E-state index contributed by atoms with van der Waals surface area (Å²) in [7, 11) is 0. The van der Waals surface area contributed by atoms with Crippen molar-refractivity contribution >= 4 is 0 Å². The van der Waals surface area contributed by atoms with Gasteiger partial charge in [0, 0.05) is 117 Å². The first kappa shape index (κ1) is 76.6. The van der Waals surface area contributed by atoms with Gasteiger partial charge in [0.05, 0.1) is 0 Å². The van der Waals surface area contributed by atoms with Crippen molar-refractivity contribution in [1.82, 2.24) is 0 Å². The van der Waals surface area contributed by atoms with Gasteiger partial charge in [-0.25, -0.2) is 0 Å². The van der Waals surface area contributed by atoms with Crippen LogP contribution in [0, 0.1) is 0 Å². The molecule has 1 atom stereocenters. The van der Waals surface area contributed by atoms with E-state index in [9.17, 15) is 86.8 Å². The first-order chi connectivity index (χ1) is 52.4. The Hall–Kier alpha value is -13.5. The lowest BCUT2D eigenvalue weighted by Gasteiger charge is -2.24. The van der Waals surface area contributed by atoms with Gasteiger partial charge in [-0.3, -0.25) is 0 Å². The molecule has 109 heavy (non-hydrogen) atoms. The molecule has 556 valence electrons. The Morgan fingerprint density at radius 3 is 0.716 bits per heavy atom. The van der Waals surface area contributed by atoms with Crippen LogP contribution in [-0.4, -0.2) is 86.8 Å². The van der Waals surface area contributed by atoms with Crippen LogP contribution < -0.4 is 0 Å². The van der Waals surface area contributed by atoms with E-state index in [0.717, 1.165) is 39.8 Å². The number of hydrogen-bond acceptors (Lipinski definition) is 17. The van der Waals surface area contributed by atoms with E-state index in [1.54, 1.807) is 60.7 Å². The molecule has 17 nitrogen and oxygen atoms in total. The number of phenols is 17. The maximum Gasteiger partial charge on any atom is 0.123 e. The molecule has 13 aromatic rings. The molecular weight excluding hydrogens is 1380 g/mol. The van der Waals surface area contributed by atoms with Crippen LogP contribution in [0.25, 0.3) is 11.1 Å². The van der Waals surface area contributed by atoms with Gasteiger partial charge >= 0.3 is 0 Å². The number of phenolic OH excluding ortho intramolecular Hbond substituents is 17. The highest BCUT2D eigenvalue weighted by atomic mass is 16.3. The zero-order valence-corrected chi connectivity index (χ0v) is 59.8. The van der Waals surface area contributed by atoms with Gasteiger partial charge in [0.2, 0.25) is 0 Å². The van der Waals surface area contributed by atoms with Gasteiger partial charge in [-0.2, -0.15) is 0 Å². The van der Waals surface area contributed by atoms with Crippen molar-refractivity contribution in [2.24, 2.45) is 0 Å². The summed E-state index contributed by atoms with van der Waals surface area (Å²) in [6.07, 6.45) is 7.35. The van der Waals surface area contributed by atoms with Crippen molar-refractivity contribution in [3.63, 3.8) is 0 Å². The van der Waals surface area contributed by atoms with Gasteiger partial charge in [-0.15, -0.1) is 0 Å². The SMILES string of the molecule is CCC(C)c1ccc(C(c2ccc(O)cc2O)c2ccc(O)cc2O)cc1.Oc1ccc(C(c2ccc(-c3ccccc3)cc2)c2ccc(O)cc2O)c(O)c1.Oc1ccc(C(c2ccc(C3CCCCC3)cc2)c2ccc(O)cc2O)c(O)c1.Oc1ccc(C(c2ccc(O)cc2O)c2ccc(O)cc2O)cc1. The zero-order chi connectivity index (χ0) is 77.6. The van der Waals surface area contributed by atoms with Crippen LogP contribution in [0.5, 0.6) is 97.7 Å². The molecule has 1 saturated carbocycles. The first-order valence-corrected chi connectivity index (χ1v) is 35.7. The zero-order valence-electron chi connectivity index (χ0n) is 59.8. The van der Waals surface area contributed by atoms with E-state index >= 15 is 0 Å². The normalized spacial score (nSPS) is 12.3. The Morgan fingerprint density at radius 2 is 0.459 bits per heavy atom. The number of rotatable bonds is 16. The van der Waals surface area contributed by atoms with E-state index in [0.29, 0.717) is 56.3 Å². The van der Waals surface area contributed by atoms with Gasteiger partial charge in [0.25, 0.3) is 0 Å². The van der Waals surface area contributed by atoms with Crippen LogP contribution in [0.3, 0.4) is 0 Å². The predicted octanol–water partition coefficient (Wildman–Crippen LogP) is 19.7. The summed E-state index contributed by atoms with van der Waals surface area (Å²) in [5, 5.41) is 170. The van der Waals surface area contributed by atoms with Crippen LogP contribution in [0.4, 0.5) is 0 Å². The van der Waals surface area contributed by atoms with Gasteiger partial charge < -0.3 is 86.8 Å². The highest BCUT2D eigenvalue weighted by molar-refractivity contribution is 5.66. The summed E-state index contributed by atoms with van der Waals surface area (Å²) in [5.41, 5.74) is 12.4. The van der Waals surface area contributed by atoms with Crippen molar-refractivity contribution in [3.05, 3.63) is 351 Å². The Labute approximate surface area is 631 Å². The van der Waals surface area contributed by atoms with Crippen molar-refractivity contribution in [3.8, 4) is 109 Å². The Bertz CT molecular complexity index is 5030. The van der Waals surface area contributed by atoms with Crippen LogP contribution in [0.15, 0.2) is 273 Å². The summed E-state index contributed by atoms with van der Waals surface area (Å²) in [6.45, 7) is 4.31. The molecule has 0 saturated heterocycles. The lowest BCUT2D eigenvalue weighted by Crippen LogP contribution is -2.07. The summed E-state index contributed by atoms with van der Waals surface area (Å²) in [6, 6.07) is 75.9. The smallest absolute Gasteiger partial charge is 0.123 e. The fourth-order valence-electron chi connectivity index (χ4n) is 14.1. The van der Waals surface area contributed by atoms with Crippen LogP contribution in [-0.2, 0) is 0 Å². The maximum absolute atomic E-state index is 10.5. The third-order valence-corrected chi connectivity index (χ3v) is 20.0. The van der Waals surface area contributed by atoms with Crippen LogP contribution >= 0.6 is 0 Å². The molecule has 1 unspecified atom stereocenters. The first-order valence-electron chi connectivity index (χ1n) is 35.7. The minimum absolute atomic E-state index is 0.0208. The Balaban J connectivity index is 0.000000145. The molecule has 0 radical (unpaired) electrons. The summed E-state index contributed by atoms with van der Waals surface area (Å²) >= 11 is 0. The van der Waals surface area contributed by atoms with Crippen molar-refractivity contribution in [2.75, 3.05) is 0 Å². The average Bonchev–Trinajstić information content (AvgIpc) is 0.801. The minimum Gasteiger partial charge on any atom is -0.508 e. The van der Waals surface area contributed by atoms with Gasteiger partial charge in [0.1, 0.15) is 97.7 Å². The molecule has 17 heteroatoms. The summed E-state index contributed by atoms with van der Waals surface area (Å²) in [5.74, 6) is -1.70. The molecule has 0 aromatic heterocycles. The van der Waals surface area contributed by atoms with Crippen LogP contribution in [0.1, 0.15) is 166 Å².